The normalized spacial score (nSPS) is 14.9. The van der Waals surface area contributed by atoms with Gasteiger partial charge in [-0.1, -0.05) is 34.1 Å². The van der Waals surface area contributed by atoms with Gasteiger partial charge in [-0.25, -0.2) is 0 Å². The van der Waals surface area contributed by atoms with Crippen molar-refractivity contribution in [2.24, 2.45) is 11.7 Å². The molecule has 0 aromatic carbocycles. The van der Waals surface area contributed by atoms with E-state index in [0.29, 0.717) is 5.92 Å². The first-order valence-electron chi connectivity index (χ1n) is 6.80. The molecule has 0 aromatic heterocycles. The molecule has 2 unspecified atom stereocenters. The van der Waals surface area contributed by atoms with Gasteiger partial charge in [0, 0.05) is 13.1 Å². The van der Waals surface area contributed by atoms with Crippen LogP contribution in [0.5, 0.6) is 0 Å². The number of nitrogens with two attached hydrogens (primary N) is 1. The number of rotatable bonds is 10. The van der Waals surface area contributed by atoms with Crippen LogP contribution in [0.25, 0.3) is 0 Å². The van der Waals surface area contributed by atoms with Gasteiger partial charge in [0.2, 0.25) is 5.91 Å². The molecule has 0 aliphatic heterocycles. The highest BCUT2D eigenvalue weighted by atomic mass is 16.1. The molecule has 0 radical (unpaired) electrons. The quantitative estimate of drug-likeness (QED) is 0.606. The largest absolute Gasteiger partial charge is 0.368 e. The van der Waals surface area contributed by atoms with Gasteiger partial charge in [0.05, 0.1) is 6.04 Å². The number of carbonyl (C=O) groups is 1. The van der Waals surface area contributed by atoms with Crippen molar-refractivity contribution >= 4 is 5.91 Å². The summed E-state index contributed by atoms with van der Waals surface area (Å²) in [5.74, 6) is 0.465. The molecule has 17 heavy (non-hydrogen) atoms. The van der Waals surface area contributed by atoms with Crippen molar-refractivity contribution in [3.63, 3.8) is 0 Å². The summed E-state index contributed by atoms with van der Waals surface area (Å²) in [4.78, 5) is 13.6. The van der Waals surface area contributed by atoms with E-state index >= 15 is 0 Å². The highest BCUT2D eigenvalue weighted by Gasteiger charge is 2.15. The maximum atomic E-state index is 11.2. The Morgan fingerprint density at radius 3 is 2.41 bits per heavy atom. The molecule has 4 heteroatoms. The summed E-state index contributed by atoms with van der Waals surface area (Å²) >= 11 is 0. The first-order valence-corrected chi connectivity index (χ1v) is 6.80. The molecule has 0 fully saturated rings. The first kappa shape index (κ1) is 16.4. The van der Waals surface area contributed by atoms with Crippen molar-refractivity contribution in [2.45, 2.75) is 46.6 Å². The lowest BCUT2D eigenvalue weighted by atomic mass is 10.1. The fourth-order valence-corrected chi connectivity index (χ4v) is 1.85. The summed E-state index contributed by atoms with van der Waals surface area (Å²) in [5.41, 5.74) is 5.36. The highest BCUT2D eigenvalue weighted by molar-refractivity contribution is 5.79. The van der Waals surface area contributed by atoms with Gasteiger partial charge in [0.25, 0.3) is 0 Å². The molecule has 0 bridgehead atoms. The van der Waals surface area contributed by atoms with Crippen molar-refractivity contribution in [3.05, 3.63) is 0 Å². The van der Waals surface area contributed by atoms with E-state index in [1.807, 2.05) is 6.92 Å². The molecule has 0 spiro atoms. The molecular formula is C13H29N3O. The van der Waals surface area contributed by atoms with Gasteiger partial charge in [-0.15, -0.1) is 0 Å². The Bertz CT molecular complexity index is 209. The van der Waals surface area contributed by atoms with E-state index in [9.17, 15) is 4.79 Å². The van der Waals surface area contributed by atoms with Gasteiger partial charge in [-0.05, 0) is 25.4 Å². The van der Waals surface area contributed by atoms with E-state index in [0.717, 1.165) is 32.6 Å². The molecule has 0 aliphatic carbocycles. The standard InChI is InChI=1S/C13H29N3O/c1-5-11(4)10-16(7-3)9-8-12(13(14)17)15-6-2/h11-12,15H,5-10H2,1-4H3,(H2,14,17). The number of amides is 1. The van der Waals surface area contributed by atoms with Crippen LogP contribution in [0.4, 0.5) is 0 Å². The lowest BCUT2D eigenvalue weighted by molar-refractivity contribution is -0.120. The Morgan fingerprint density at radius 2 is 2.00 bits per heavy atom. The van der Waals surface area contributed by atoms with E-state index in [4.69, 9.17) is 5.73 Å². The summed E-state index contributed by atoms with van der Waals surface area (Å²) < 4.78 is 0. The zero-order valence-electron chi connectivity index (χ0n) is 11.8. The Kier molecular flexibility index (Phi) is 9.09. The van der Waals surface area contributed by atoms with Crippen molar-refractivity contribution in [1.29, 1.82) is 0 Å². The number of primary amides is 1. The molecular weight excluding hydrogens is 214 g/mol. The van der Waals surface area contributed by atoms with Gasteiger partial charge in [0.15, 0.2) is 0 Å². The van der Waals surface area contributed by atoms with Crippen molar-refractivity contribution in [1.82, 2.24) is 10.2 Å². The Morgan fingerprint density at radius 1 is 1.35 bits per heavy atom. The molecule has 102 valence electrons. The Balaban J connectivity index is 4.05. The van der Waals surface area contributed by atoms with Crippen LogP contribution in [-0.2, 0) is 4.79 Å². The lowest BCUT2D eigenvalue weighted by Gasteiger charge is -2.25. The molecule has 3 N–H and O–H groups in total. The Hall–Kier alpha value is -0.610. The lowest BCUT2D eigenvalue weighted by Crippen LogP contribution is -2.44. The van der Waals surface area contributed by atoms with Gasteiger partial charge in [-0.3, -0.25) is 4.79 Å². The van der Waals surface area contributed by atoms with Crippen molar-refractivity contribution in [3.8, 4) is 0 Å². The number of nitrogens with one attached hydrogen (secondary N) is 1. The third-order valence-corrected chi connectivity index (χ3v) is 3.24. The molecule has 1 amide bonds. The number of likely N-dealkylation sites (N-methyl/N-ethyl adjacent to an activating group) is 1. The molecule has 0 saturated carbocycles. The van der Waals surface area contributed by atoms with E-state index in [-0.39, 0.29) is 11.9 Å². The monoisotopic (exact) mass is 243 g/mol. The number of nitrogens with zero attached hydrogens (tertiary/aromatic N) is 1. The minimum atomic E-state index is -0.244. The summed E-state index contributed by atoms with van der Waals surface area (Å²) in [5, 5.41) is 3.13. The smallest absolute Gasteiger partial charge is 0.234 e. The maximum Gasteiger partial charge on any atom is 0.234 e. The Labute approximate surface area is 106 Å². The molecule has 4 nitrogen and oxygen atoms in total. The second kappa shape index (κ2) is 9.42. The molecule has 0 aromatic rings. The highest BCUT2D eigenvalue weighted by Crippen LogP contribution is 2.05. The molecule has 2 atom stereocenters. The van der Waals surface area contributed by atoms with Crippen molar-refractivity contribution < 1.29 is 4.79 Å². The summed E-state index contributed by atoms with van der Waals surface area (Å²) in [7, 11) is 0. The van der Waals surface area contributed by atoms with Gasteiger partial charge in [0.1, 0.15) is 0 Å². The fraction of sp³-hybridized carbons (Fsp3) is 0.923. The second-order valence-corrected chi connectivity index (χ2v) is 4.71. The van der Waals surface area contributed by atoms with Crippen molar-refractivity contribution in [2.75, 3.05) is 26.2 Å². The first-order chi connectivity index (χ1) is 8.04. The number of hydrogen-bond donors (Lipinski definition) is 2. The van der Waals surface area contributed by atoms with E-state index in [1.54, 1.807) is 0 Å². The van der Waals surface area contributed by atoms with Gasteiger partial charge < -0.3 is 16.0 Å². The SMILES string of the molecule is CCNC(CCN(CC)CC(C)CC)C(N)=O. The third kappa shape index (κ3) is 7.34. The molecule has 0 aliphatic rings. The van der Waals surface area contributed by atoms with Crippen LogP contribution in [0, 0.1) is 5.92 Å². The molecule has 0 rings (SSSR count). The van der Waals surface area contributed by atoms with Crippen LogP contribution in [0.3, 0.4) is 0 Å². The summed E-state index contributed by atoms with van der Waals surface area (Å²) in [6.07, 6.45) is 2.00. The van der Waals surface area contributed by atoms with Crippen LogP contribution in [0.2, 0.25) is 0 Å². The van der Waals surface area contributed by atoms with Crippen LogP contribution < -0.4 is 11.1 Å². The van der Waals surface area contributed by atoms with Crippen LogP contribution in [0.15, 0.2) is 0 Å². The average molecular weight is 243 g/mol. The second-order valence-electron chi connectivity index (χ2n) is 4.71. The van der Waals surface area contributed by atoms with E-state index in [1.165, 1.54) is 6.42 Å². The molecule has 0 heterocycles. The number of hydrogen-bond acceptors (Lipinski definition) is 3. The summed E-state index contributed by atoms with van der Waals surface area (Å²) in [6, 6.07) is -0.189. The average Bonchev–Trinajstić information content (AvgIpc) is 2.31. The topological polar surface area (TPSA) is 58.4 Å². The molecule has 0 saturated heterocycles. The van der Waals surface area contributed by atoms with E-state index < -0.39 is 0 Å². The minimum absolute atomic E-state index is 0.189. The fourth-order valence-electron chi connectivity index (χ4n) is 1.85. The predicted octanol–water partition coefficient (Wildman–Crippen LogP) is 1.21. The van der Waals surface area contributed by atoms with Crippen LogP contribution in [-0.4, -0.2) is 43.0 Å². The van der Waals surface area contributed by atoms with Gasteiger partial charge in [-0.2, -0.15) is 0 Å². The van der Waals surface area contributed by atoms with Crippen LogP contribution in [0.1, 0.15) is 40.5 Å². The van der Waals surface area contributed by atoms with E-state index in [2.05, 4.69) is 31.0 Å². The minimum Gasteiger partial charge on any atom is -0.368 e. The van der Waals surface area contributed by atoms with Crippen LogP contribution >= 0.6 is 0 Å². The predicted molar refractivity (Wildman–Crippen MR) is 72.8 cm³/mol. The number of carbonyl (C=O) groups excluding carboxylic acids is 1. The zero-order valence-corrected chi connectivity index (χ0v) is 11.8. The third-order valence-electron chi connectivity index (χ3n) is 3.24. The maximum absolute atomic E-state index is 11.2. The van der Waals surface area contributed by atoms with Gasteiger partial charge >= 0.3 is 0 Å². The summed E-state index contributed by atoms with van der Waals surface area (Å²) in [6.45, 7) is 12.5. The zero-order chi connectivity index (χ0) is 13.3.